The lowest BCUT2D eigenvalue weighted by Gasteiger charge is -2.38. The minimum Gasteiger partial charge on any atom is -0.497 e. The number of methoxy groups -OCH3 is 3. The Morgan fingerprint density at radius 1 is 0.892 bits per heavy atom. The maximum Gasteiger partial charge on any atom is 0.214 e. The molecule has 0 radical (unpaired) electrons. The normalized spacial score (nSPS) is 17.8. The first-order valence-corrected chi connectivity index (χ1v) is 12.8. The molecule has 0 bridgehead atoms. The molecule has 3 aromatic rings. The molecule has 0 amide bonds. The molecule has 2 unspecified atom stereocenters. The predicted molar refractivity (Wildman–Crippen MR) is 143 cm³/mol. The van der Waals surface area contributed by atoms with Gasteiger partial charge in [-0.1, -0.05) is 31.9 Å². The van der Waals surface area contributed by atoms with Crippen molar-refractivity contribution in [1.29, 1.82) is 0 Å². The van der Waals surface area contributed by atoms with E-state index < -0.39 is 6.23 Å². The van der Waals surface area contributed by atoms with Crippen LogP contribution in [0.15, 0.2) is 65.8 Å². The van der Waals surface area contributed by atoms with Gasteiger partial charge in [0.15, 0.2) is 23.0 Å². The van der Waals surface area contributed by atoms with Gasteiger partial charge in [0.2, 0.25) is 6.23 Å². The number of benzene rings is 3. The van der Waals surface area contributed by atoms with E-state index in [1.807, 2.05) is 54.6 Å². The van der Waals surface area contributed by atoms with Crippen molar-refractivity contribution < 1.29 is 23.7 Å². The number of fused-ring (bicyclic) bond motifs is 3. The Labute approximate surface area is 218 Å². The van der Waals surface area contributed by atoms with Gasteiger partial charge in [0, 0.05) is 17.5 Å². The quantitative estimate of drug-likeness (QED) is 0.294. The van der Waals surface area contributed by atoms with Crippen molar-refractivity contribution in [3.63, 3.8) is 0 Å². The molecule has 194 valence electrons. The van der Waals surface area contributed by atoms with Crippen LogP contribution < -0.4 is 23.7 Å². The first-order chi connectivity index (χ1) is 18.2. The number of unbranched alkanes of at least 4 members (excludes halogenated alkanes) is 2. The highest BCUT2D eigenvalue weighted by Crippen LogP contribution is 2.51. The number of ether oxygens (including phenoxy) is 5. The van der Waals surface area contributed by atoms with Gasteiger partial charge < -0.3 is 23.7 Å². The highest BCUT2D eigenvalue weighted by atomic mass is 16.5. The molecule has 2 atom stereocenters. The molecular formula is C30H34N2O5. The lowest BCUT2D eigenvalue weighted by atomic mass is 9.95. The molecule has 2 aliphatic heterocycles. The van der Waals surface area contributed by atoms with Gasteiger partial charge in [-0.25, -0.2) is 5.01 Å². The van der Waals surface area contributed by atoms with E-state index in [0.29, 0.717) is 18.1 Å². The summed E-state index contributed by atoms with van der Waals surface area (Å²) in [6, 6.07) is 20.0. The van der Waals surface area contributed by atoms with Crippen LogP contribution in [-0.2, 0) is 0 Å². The van der Waals surface area contributed by atoms with Gasteiger partial charge in [-0.2, -0.15) is 5.10 Å². The van der Waals surface area contributed by atoms with Crippen LogP contribution >= 0.6 is 0 Å². The number of hydrazone groups is 1. The Balaban J connectivity index is 1.51. The molecule has 0 aromatic heterocycles. The topological polar surface area (TPSA) is 61.8 Å². The van der Waals surface area contributed by atoms with Gasteiger partial charge in [0.25, 0.3) is 0 Å². The summed E-state index contributed by atoms with van der Waals surface area (Å²) in [4.78, 5) is 0. The summed E-state index contributed by atoms with van der Waals surface area (Å²) in [5.74, 6) is 3.69. The van der Waals surface area contributed by atoms with E-state index in [2.05, 4.69) is 18.0 Å². The zero-order chi connectivity index (χ0) is 25.8. The van der Waals surface area contributed by atoms with Gasteiger partial charge in [-0.05, 0) is 60.5 Å². The highest BCUT2D eigenvalue weighted by Gasteiger charge is 2.42. The van der Waals surface area contributed by atoms with Crippen LogP contribution in [0.4, 0.5) is 0 Å². The van der Waals surface area contributed by atoms with Crippen molar-refractivity contribution in [3.05, 3.63) is 77.4 Å². The summed E-state index contributed by atoms with van der Waals surface area (Å²) in [7, 11) is 5.00. The van der Waals surface area contributed by atoms with E-state index in [4.69, 9.17) is 28.8 Å². The standard InChI is InChI=1S/C30H34N2O5/c1-5-6-7-17-36-26-16-13-21(18-28(26)35-4)30-32-25(23-9-8-10-27(34-3)29(23)37-30)19-24(31-32)20-11-14-22(33-2)15-12-20/h8-16,18,25,30H,5-7,17,19H2,1-4H3. The zero-order valence-corrected chi connectivity index (χ0v) is 21.9. The van der Waals surface area contributed by atoms with Crippen molar-refractivity contribution in [2.75, 3.05) is 27.9 Å². The molecule has 37 heavy (non-hydrogen) atoms. The van der Waals surface area contributed by atoms with Gasteiger partial charge in [-0.3, -0.25) is 0 Å². The third-order valence-corrected chi connectivity index (χ3v) is 6.90. The Morgan fingerprint density at radius 2 is 1.70 bits per heavy atom. The van der Waals surface area contributed by atoms with Crippen molar-refractivity contribution in [2.24, 2.45) is 5.10 Å². The molecule has 0 fully saturated rings. The van der Waals surface area contributed by atoms with E-state index >= 15 is 0 Å². The number of para-hydroxylation sites is 1. The first kappa shape index (κ1) is 24.8. The average Bonchev–Trinajstić information content (AvgIpc) is 3.40. The predicted octanol–water partition coefficient (Wildman–Crippen LogP) is 6.52. The Morgan fingerprint density at radius 3 is 2.43 bits per heavy atom. The van der Waals surface area contributed by atoms with Crippen LogP contribution in [0.1, 0.15) is 61.6 Å². The summed E-state index contributed by atoms with van der Waals surface area (Å²) in [6.07, 6.45) is 3.61. The lowest BCUT2D eigenvalue weighted by Crippen LogP contribution is -2.33. The number of rotatable bonds is 10. The molecule has 7 nitrogen and oxygen atoms in total. The Bertz CT molecular complexity index is 1260. The summed E-state index contributed by atoms with van der Waals surface area (Å²) in [5.41, 5.74) is 4.05. The molecule has 0 aliphatic carbocycles. The van der Waals surface area contributed by atoms with Gasteiger partial charge >= 0.3 is 0 Å². The molecule has 2 aliphatic rings. The molecule has 0 N–H and O–H groups in total. The molecule has 0 saturated carbocycles. The van der Waals surface area contributed by atoms with E-state index in [1.54, 1.807) is 21.3 Å². The second-order valence-corrected chi connectivity index (χ2v) is 9.19. The van der Waals surface area contributed by atoms with Crippen LogP contribution in [0, 0.1) is 0 Å². The summed E-state index contributed by atoms with van der Waals surface area (Å²) in [6.45, 7) is 2.85. The first-order valence-electron chi connectivity index (χ1n) is 12.8. The number of nitrogens with zero attached hydrogens (tertiary/aromatic N) is 2. The Hall–Kier alpha value is -3.87. The number of hydrogen-bond donors (Lipinski definition) is 0. The summed E-state index contributed by atoms with van der Waals surface area (Å²) >= 11 is 0. The van der Waals surface area contributed by atoms with Gasteiger partial charge in [0.1, 0.15) is 5.75 Å². The molecule has 3 aromatic carbocycles. The molecule has 0 saturated heterocycles. The molecule has 5 rings (SSSR count). The second kappa shape index (κ2) is 11.0. The monoisotopic (exact) mass is 502 g/mol. The van der Waals surface area contributed by atoms with E-state index in [0.717, 1.165) is 65.3 Å². The SMILES string of the molecule is CCCCCOc1ccc(C2Oc3c(OC)cccc3C3CC(c4ccc(OC)cc4)=NN32)cc1OC. The highest BCUT2D eigenvalue weighted by molar-refractivity contribution is 6.02. The fraction of sp³-hybridized carbons (Fsp3) is 0.367. The van der Waals surface area contributed by atoms with Crippen LogP contribution in [0.5, 0.6) is 28.7 Å². The smallest absolute Gasteiger partial charge is 0.214 e. The van der Waals surface area contributed by atoms with Gasteiger partial charge in [0.05, 0.1) is 39.7 Å². The molecule has 2 heterocycles. The molecular weight excluding hydrogens is 468 g/mol. The van der Waals surface area contributed by atoms with Crippen LogP contribution in [0.25, 0.3) is 0 Å². The van der Waals surface area contributed by atoms with E-state index in [-0.39, 0.29) is 6.04 Å². The fourth-order valence-electron chi connectivity index (χ4n) is 4.91. The summed E-state index contributed by atoms with van der Waals surface area (Å²) < 4.78 is 29.3. The minimum atomic E-state index is -0.451. The third kappa shape index (κ3) is 4.90. The number of hydrogen-bond acceptors (Lipinski definition) is 7. The van der Waals surface area contributed by atoms with E-state index in [1.165, 1.54) is 0 Å². The van der Waals surface area contributed by atoms with Crippen LogP contribution in [0.2, 0.25) is 0 Å². The van der Waals surface area contributed by atoms with Crippen LogP contribution in [0.3, 0.4) is 0 Å². The minimum absolute atomic E-state index is 0.0110. The van der Waals surface area contributed by atoms with Crippen molar-refractivity contribution in [1.82, 2.24) is 5.01 Å². The third-order valence-electron chi connectivity index (χ3n) is 6.90. The maximum absolute atomic E-state index is 6.60. The summed E-state index contributed by atoms with van der Waals surface area (Å²) in [5, 5.41) is 7.12. The lowest BCUT2D eigenvalue weighted by molar-refractivity contribution is -0.0210. The van der Waals surface area contributed by atoms with E-state index in [9.17, 15) is 0 Å². The fourth-order valence-corrected chi connectivity index (χ4v) is 4.91. The largest absolute Gasteiger partial charge is 0.497 e. The van der Waals surface area contributed by atoms with Crippen molar-refractivity contribution in [2.45, 2.75) is 44.9 Å². The Kier molecular flexibility index (Phi) is 7.40. The van der Waals surface area contributed by atoms with Crippen molar-refractivity contribution >= 4 is 5.71 Å². The second-order valence-electron chi connectivity index (χ2n) is 9.19. The van der Waals surface area contributed by atoms with Gasteiger partial charge in [-0.15, -0.1) is 0 Å². The van der Waals surface area contributed by atoms with Crippen molar-refractivity contribution in [3.8, 4) is 28.7 Å². The molecule has 0 spiro atoms. The average molecular weight is 503 g/mol. The van der Waals surface area contributed by atoms with Crippen LogP contribution in [-0.4, -0.2) is 38.7 Å². The maximum atomic E-state index is 6.60. The zero-order valence-electron chi connectivity index (χ0n) is 21.9. The molecule has 7 heteroatoms.